The van der Waals surface area contributed by atoms with Crippen molar-refractivity contribution in [3.63, 3.8) is 0 Å². The molecule has 0 heterocycles. The van der Waals surface area contributed by atoms with Crippen LogP contribution in [0.25, 0.3) is 0 Å². The van der Waals surface area contributed by atoms with E-state index in [1.807, 2.05) is 0 Å². The van der Waals surface area contributed by atoms with Gasteiger partial charge in [-0.15, -0.1) is 0 Å². The molecule has 0 amide bonds. The van der Waals surface area contributed by atoms with Crippen LogP contribution in [0.3, 0.4) is 0 Å². The van der Waals surface area contributed by atoms with Crippen LogP contribution < -0.4 is 0 Å². The third kappa shape index (κ3) is 2.04. The minimum Gasteiger partial charge on any atom is -0.481 e. The average molecular weight is 184 g/mol. The van der Waals surface area contributed by atoms with Crippen molar-refractivity contribution in [2.24, 2.45) is 11.3 Å². The van der Waals surface area contributed by atoms with E-state index in [9.17, 15) is 9.90 Å². The van der Waals surface area contributed by atoms with Gasteiger partial charge >= 0.3 is 5.97 Å². The predicted octanol–water partition coefficient (Wildman–Crippen LogP) is 3.07. The molecule has 0 radical (unpaired) electrons. The van der Waals surface area contributed by atoms with Gasteiger partial charge in [0, 0.05) is 0 Å². The van der Waals surface area contributed by atoms with E-state index in [2.05, 4.69) is 13.8 Å². The molecule has 0 bridgehead atoms. The third-order valence-electron chi connectivity index (χ3n) is 3.47. The number of rotatable bonds is 4. The van der Waals surface area contributed by atoms with Crippen molar-refractivity contribution in [3.05, 3.63) is 0 Å². The molecule has 1 saturated carbocycles. The van der Waals surface area contributed by atoms with Crippen LogP contribution in [-0.2, 0) is 4.79 Å². The number of carbonyl (C=O) groups is 1. The van der Waals surface area contributed by atoms with Crippen molar-refractivity contribution in [2.45, 2.75) is 52.4 Å². The van der Waals surface area contributed by atoms with Crippen molar-refractivity contribution in [2.75, 3.05) is 0 Å². The molecule has 0 aliphatic heterocycles. The van der Waals surface area contributed by atoms with Gasteiger partial charge < -0.3 is 5.11 Å². The molecule has 1 rings (SSSR count). The minimum atomic E-state index is -0.565. The van der Waals surface area contributed by atoms with Crippen molar-refractivity contribution in [1.29, 1.82) is 0 Å². The number of carboxylic acid groups (broad SMARTS) is 1. The first-order chi connectivity index (χ1) is 6.14. The Morgan fingerprint density at radius 2 is 2.23 bits per heavy atom. The Morgan fingerprint density at radius 3 is 2.62 bits per heavy atom. The lowest BCUT2D eigenvalue weighted by Gasteiger charge is -2.23. The van der Waals surface area contributed by atoms with Gasteiger partial charge in [-0.1, -0.05) is 26.7 Å². The first kappa shape index (κ1) is 10.6. The van der Waals surface area contributed by atoms with Crippen molar-refractivity contribution in [3.8, 4) is 0 Å². The zero-order valence-corrected chi connectivity index (χ0v) is 8.68. The van der Waals surface area contributed by atoms with E-state index in [0.29, 0.717) is 5.92 Å². The lowest BCUT2D eigenvalue weighted by molar-refractivity contribution is -0.149. The minimum absolute atomic E-state index is 0.366. The Labute approximate surface area is 80.3 Å². The van der Waals surface area contributed by atoms with Crippen LogP contribution >= 0.6 is 0 Å². The summed E-state index contributed by atoms with van der Waals surface area (Å²) in [4.78, 5) is 11.2. The van der Waals surface area contributed by atoms with Crippen LogP contribution in [0.1, 0.15) is 52.4 Å². The van der Waals surface area contributed by atoms with E-state index >= 15 is 0 Å². The summed E-state index contributed by atoms with van der Waals surface area (Å²) < 4.78 is 0. The normalized spacial score (nSPS) is 33.5. The van der Waals surface area contributed by atoms with Crippen LogP contribution in [0.5, 0.6) is 0 Å². The molecule has 0 aromatic rings. The fourth-order valence-electron chi connectivity index (χ4n) is 2.59. The second kappa shape index (κ2) is 4.12. The maximum Gasteiger partial charge on any atom is 0.309 e. The standard InChI is InChI=1S/C11H20O2/c1-3-6-11(10(12)13)7-5-9(4-2)8-11/h9H,3-8H2,1-2H3,(H,12,13). The molecule has 0 spiro atoms. The summed E-state index contributed by atoms with van der Waals surface area (Å²) in [6.07, 6.45) is 5.91. The number of hydrogen-bond acceptors (Lipinski definition) is 1. The van der Waals surface area contributed by atoms with Gasteiger partial charge in [-0.05, 0) is 31.6 Å². The molecule has 1 aliphatic rings. The average Bonchev–Trinajstić information content (AvgIpc) is 2.50. The van der Waals surface area contributed by atoms with Gasteiger partial charge in [-0.25, -0.2) is 0 Å². The zero-order valence-electron chi connectivity index (χ0n) is 8.68. The largest absolute Gasteiger partial charge is 0.481 e. The number of carboxylic acids is 1. The molecule has 1 fully saturated rings. The van der Waals surface area contributed by atoms with Gasteiger partial charge in [0.25, 0.3) is 0 Å². The van der Waals surface area contributed by atoms with E-state index in [4.69, 9.17) is 0 Å². The van der Waals surface area contributed by atoms with Gasteiger partial charge in [0.15, 0.2) is 0 Å². The number of aliphatic carboxylic acids is 1. The Hall–Kier alpha value is -0.530. The highest BCUT2D eigenvalue weighted by atomic mass is 16.4. The maximum absolute atomic E-state index is 11.2. The molecule has 2 unspecified atom stereocenters. The molecule has 76 valence electrons. The molecule has 13 heavy (non-hydrogen) atoms. The second-order valence-electron chi connectivity index (χ2n) is 4.35. The highest BCUT2D eigenvalue weighted by Crippen LogP contribution is 2.46. The van der Waals surface area contributed by atoms with Gasteiger partial charge in [-0.3, -0.25) is 4.79 Å². The summed E-state index contributed by atoms with van der Waals surface area (Å²) in [5.41, 5.74) is -0.366. The molecule has 2 heteroatoms. The Kier molecular flexibility index (Phi) is 3.34. The molecule has 2 atom stereocenters. The molecule has 0 aromatic heterocycles. The Morgan fingerprint density at radius 1 is 1.54 bits per heavy atom. The van der Waals surface area contributed by atoms with Gasteiger partial charge in [0.05, 0.1) is 5.41 Å². The summed E-state index contributed by atoms with van der Waals surface area (Å²) in [5, 5.41) is 9.21. The first-order valence-corrected chi connectivity index (χ1v) is 5.38. The van der Waals surface area contributed by atoms with Crippen LogP contribution in [0, 0.1) is 11.3 Å². The van der Waals surface area contributed by atoms with Crippen molar-refractivity contribution < 1.29 is 9.90 Å². The van der Waals surface area contributed by atoms with Gasteiger partial charge in [0.2, 0.25) is 0 Å². The van der Waals surface area contributed by atoms with Crippen molar-refractivity contribution >= 4 is 5.97 Å². The lowest BCUT2D eigenvalue weighted by Crippen LogP contribution is -2.27. The molecule has 0 aromatic carbocycles. The molecule has 1 aliphatic carbocycles. The summed E-state index contributed by atoms with van der Waals surface area (Å²) in [6.45, 7) is 4.23. The highest BCUT2D eigenvalue weighted by molar-refractivity contribution is 5.75. The zero-order chi connectivity index (χ0) is 9.90. The van der Waals surface area contributed by atoms with Crippen LogP contribution in [0.15, 0.2) is 0 Å². The van der Waals surface area contributed by atoms with E-state index < -0.39 is 5.97 Å². The van der Waals surface area contributed by atoms with E-state index in [1.54, 1.807) is 0 Å². The molecular formula is C11H20O2. The monoisotopic (exact) mass is 184 g/mol. The van der Waals surface area contributed by atoms with Gasteiger partial charge in [0.1, 0.15) is 0 Å². The summed E-state index contributed by atoms with van der Waals surface area (Å²) in [6, 6.07) is 0. The Bertz CT molecular complexity index is 189. The SMILES string of the molecule is CCCC1(C(=O)O)CCC(CC)C1. The summed E-state index contributed by atoms with van der Waals surface area (Å²) in [5.74, 6) is 0.0907. The summed E-state index contributed by atoms with van der Waals surface area (Å²) in [7, 11) is 0. The first-order valence-electron chi connectivity index (χ1n) is 5.38. The molecule has 0 saturated heterocycles. The smallest absolute Gasteiger partial charge is 0.309 e. The third-order valence-corrected chi connectivity index (χ3v) is 3.47. The number of hydrogen-bond donors (Lipinski definition) is 1. The fraction of sp³-hybridized carbons (Fsp3) is 0.909. The molecule has 2 nitrogen and oxygen atoms in total. The van der Waals surface area contributed by atoms with Crippen LogP contribution in [-0.4, -0.2) is 11.1 Å². The van der Waals surface area contributed by atoms with E-state index in [1.165, 1.54) is 0 Å². The molecule has 1 N–H and O–H groups in total. The Balaban J connectivity index is 2.65. The quantitative estimate of drug-likeness (QED) is 0.729. The molecular weight excluding hydrogens is 164 g/mol. The van der Waals surface area contributed by atoms with Crippen LogP contribution in [0.4, 0.5) is 0 Å². The lowest BCUT2D eigenvalue weighted by atomic mass is 9.81. The fourth-order valence-corrected chi connectivity index (χ4v) is 2.59. The van der Waals surface area contributed by atoms with Crippen molar-refractivity contribution in [1.82, 2.24) is 0 Å². The summed E-state index contributed by atoms with van der Waals surface area (Å²) >= 11 is 0. The topological polar surface area (TPSA) is 37.3 Å². The van der Waals surface area contributed by atoms with E-state index in [0.717, 1.165) is 38.5 Å². The van der Waals surface area contributed by atoms with E-state index in [-0.39, 0.29) is 5.41 Å². The maximum atomic E-state index is 11.2. The predicted molar refractivity (Wildman–Crippen MR) is 52.6 cm³/mol. The highest BCUT2D eigenvalue weighted by Gasteiger charge is 2.43. The second-order valence-corrected chi connectivity index (χ2v) is 4.35. The van der Waals surface area contributed by atoms with Crippen LogP contribution in [0.2, 0.25) is 0 Å². The van der Waals surface area contributed by atoms with Gasteiger partial charge in [-0.2, -0.15) is 0 Å².